The van der Waals surface area contributed by atoms with E-state index in [2.05, 4.69) is 11.9 Å². The Labute approximate surface area is 115 Å². The molecule has 0 spiro atoms. The van der Waals surface area contributed by atoms with Crippen LogP contribution in [-0.4, -0.2) is 49.4 Å². The summed E-state index contributed by atoms with van der Waals surface area (Å²) in [6, 6.07) is 7.57. The van der Waals surface area contributed by atoms with Crippen molar-refractivity contribution in [1.29, 1.82) is 0 Å². The Morgan fingerprint density at radius 2 is 2.11 bits per heavy atom. The highest BCUT2D eigenvalue weighted by molar-refractivity contribution is 5.94. The Bertz CT molecular complexity index is 430. The van der Waals surface area contributed by atoms with Gasteiger partial charge in [-0.25, -0.2) is 0 Å². The minimum atomic E-state index is 0.0955. The topological polar surface area (TPSA) is 49.6 Å². The molecule has 1 amide bonds. The average molecular weight is 261 g/mol. The van der Waals surface area contributed by atoms with E-state index in [1.54, 1.807) is 0 Å². The lowest BCUT2D eigenvalue weighted by molar-refractivity contribution is 0.0774. The Kier molecular flexibility index (Phi) is 4.56. The molecule has 1 saturated heterocycles. The summed E-state index contributed by atoms with van der Waals surface area (Å²) in [5.74, 6) is 0.695. The molecule has 4 heteroatoms. The van der Waals surface area contributed by atoms with E-state index >= 15 is 0 Å². The van der Waals surface area contributed by atoms with Crippen molar-refractivity contribution in [2.75, 3.05) is 33.7 Å². The zero-order valence-corrected chi connectivity index (χ0v) is 11.8. The molecule has 0 saturated carbocycles. The van der Waals surface area contributed by atoms with Gasteiger partial charge >= 0.3 is 0 Å². The second-order valence-corrected chi connectivity index (χ2v) is 5.50. The maximum atomic E-state index is 12.3. The molecule has 2 rings (SSSR count). The number of rotatable bonds is 4. The molecular weight excluding hydrogens is 238 g/mol. The molecule has 0 aliphatic carbocycles. The Morgan fingerprint density at radius 3 is 2.63 bits per heavy atom. The summed E-state index contributed by atoms with van der Waals surface area (Å²) in [7, 11) is 4.02. The van der Waals surface area contributed by atoms with Crippen LogP contribution >= 0.6 is 0 Å². The second kappa shape index (κ2) is 6.17. The van der Waals surface area contributed by atoms with Gasteiger partial charge in [-0.1, -0.05) is 12.1 Å². The quantitative estimate of drug-likeness (QED) is 0.885. The highest BCUT2D eigenvalue weighted by Gasteiger charge is 2.22. The Morgan fingerprint density at radius 1 is 1.42 bits per heavy atom. The van der Waals surface area contributed by atoms with E-state index in [0.717, 1.165) is 30.8 Å². The third kappa shape index (κ3) is 3.55. The molecule has 0 radical (unpaired) electrons. The average Bonchev–Trinajstić information content (AvgIpc) is 2.83. The SMILES string of the molecule is CN1CC[C@H](CN(C)C(=O)c2ccc(CN)cc2)C1. The first-order valence-electron chi connectivity index (χ1n) is 6.83. The minimum Gasteiger partial charge on any atom is -0.341 e. The normalized spacial score (nSPS) is 19.6. The van der Waals surface area contributed by atoms with Crippen molar-refractivity contribution < 1.29 is 4.79 Å². The summed E-state index contributed by atoms with van der Waals surface area (Å²) in [6.45, 7) is 3.57. The number of hydrogen-bond donors (Lipinski definition) is 1. The van der Waals surface area contributed by atoms with Crippen molar-refractivity contribution in [2.45, 2.75) is 13.0 Å². The van der Waals surface area contributed by atoms with Crippen molar-refractivity contribution in [3.8, 4) is 0 Å². The Balaban J connectivity index is 1.94. The zero-order valence-electron chi connectivity index (χ0n) is 11.8. The lowest BCUT2D eigenvalue weighted by Crippen LogP contribution is -2.32. The standard InChI is InChI=1S/C15H23N3O/c1-17-8-7-13(10-17)11-18(2)15(19)14-5-3-12(9-16)4-6-14/h3-6,13H,7-11,16H2,1-2H3/t13-/m0/s1. The van der Waals surface area contributed by atoms with Gasteiger partial charge in [-0.05, 0) is 43.6 Å². The molecule has 104 valence electrons. The molecule has 1 heterocycles. The molecule has 4 nitrogen and oxygen atoms in total. The van der Waals surface area contributed by atoms with Crippen LogP contribution in [0.5, 0.6) is 0 Å². The van der Waals surface area contributed by atoms with Crippen LogP contribution in [-0.2, 0) is 6.54 Å². The molecule has 1 fully saturated rings. The van der Waals surface area contributed by atoms with Crippen LogP contribution in [0.4, 0.5) is 0 Å². The maximum absolute atomic E-state index is 12.3. The number of amides is 1. The van der Waals surface area contributed by atoms with Crippen LogP contribution in [0.25, 0.3) is 0 Å². The van der Waals surface area contributed by atoms with E-state index in [1.807, 2.05) is 36.2 Å². The van der Waals surface area contributed by atoms with E-state index in [9.17, 15) is 4.79 Å². The van der Waals surface area contributed by atoms with Crippen molar-refractivity contribution >= 4 is 5.91 Å². The van der Waals surface area contributed by atoms with E-state index in [0.29, 0.717) is 12.5 Å². The predicted molar refractivity (Wildman–Crippen MR) is 76.9 cm³/mol. The second-order valence-electron chi connectivity index (χ2n) is 5.50. The van der Waals surface area contributed by atoms with Crippen LogP contribution in [0.3, 0.4) is 0 Å². The molecule has 1 aliphatic rings. The van der Waals surface area contributed by atoms with Crippen LogP contribution in [0.1, 0.15) is 22.3 Å². The number of likely N-dealkylation sites (tertiary alicyclic amines) is 1. The first-order chi connectivity index (χ1) is 9.10. The predicted octanol–water partition coefficient (Wildman–Crippen LogP) is 1.17. The van der Waals surface area contributed by atoms with Crippen molar-refractivity contribution in [2.24, 2.45) is 11.7 Å². The van der Waals surface area contributed by atoms with E-state index < -0.39 is 0 Å². The minimum absolute atomic E-state index is 0.0955. The molecule has 1 atom stereocenters. The first-order valence-corrected chi connectivity index (χ1v) is 6.83. The molecule has 1 aromatic rings. The molecule has 0 aromatic heterocycles. The Hall–Kier alpha value is -1.39. The van der Waals surface area contributed by atoms with E-state index in [1.165, 1.54) is 6.42 Å². The van der Waals surface area contributed by atoms with Crippen LogP contribution in [0.2, 0.25) is 0 Å². The number of nitrogens with zero attached hydrogens (tertiary/aromatic N) is 2. The molecule has 19 heavy (non-hydrogen) atoms. The third-order valence-electron chi connectivity index (χ3n) is 3.80. The highest BCUT2D eigenvalue weighted by atomic mass is 16.2. The largest absolute Gasteiger partial charge is 0.341 e. The summed E-state index contributed by atoms with van der Waals surface area (Å²) in [6.07, 6.45) is 1.18. The summed E-state index contributed by atoms with van der Waals surface area (Å²) in [5.41, 5.74) is 7.35. The summed E-state index contributed by atoms with van der Waals surface area (Å²) >= 11 is 0. The highest BCUT2D eigenvalue weighted by Crippen LogP contribution is 2.16. The van der Waals surface area contributed by atoms with Gasteiger partial charge in [0.05, 0.1) is 0 Å². The van der Waals surface area contributed by atoms with Crippen molar-refractivity contribution in [3.05, 3.63) is 35.4 Å². The third-order valence-corrected chi connectivity index (χ3v) is 3.80. The van der Waals surface area contributed by atoms with Gasteiger partial charge in [0, 0.05) is 32.2 Å². The fourth-order valence-electron chi connectivity index (χ4n) is 2.65. The molecule has 1 aliphatic heterocycles. The van der Waals surface area contributed by atoms with E-state index in [-0.39, 0.29) is 5.91 Å². The smallest absolute Gasteiger partial charge is 0.253 e. The first kappa shape index (κ1) is 14.0. The van der Waals surface area contributed by atoms with Gasteiger partial charge < -0.3 is 15.5 Å². The van der Waals surface area contributed by atoms with Crippen molar-refractivity contribution in [1.82, 2.24) is 9.80 Å². The van der Waals surface area contributed by atoms with Gasteiger partial charge in [0.25, 0.3) is 5.91 Å². The monoisotopic (exact) mass is 261 g/mol. The zero-order chi connectivity index (χ0) is 13.8. The molecule has 0 bridgehead atoms. The van der Waals surface area contributed by atoms with Crippen LogP contribution in [0.15, 0.2) is 24.3 Å². The number of benzene rings is 1. The molecule has 1 aromatic carbocycles. The van der Waals surface area contributed by atoms with Gasteiger partial charge in [-0.2, -0.15) is 0 Å². The van der Waals surface area contributed by atoms with Gasteiger partial charge in [-0.15, -0.1) is 0 Å². The summed E-state index contributed by atoms with van der Waals surface area (Å²) in [4.78, 5) is 16.4. The van der Waals surface area contributed by atoms with Gasteiger partial charge in [0.15, 0.2) is 0 Å². The molecule has 0 unspecified atom stereocenters. The lowest BCUT2D eigenvalue weighted by atomic mass is 10.1. The number of carbonyl (C=O) groups excluding carboxylic acids is 1. The number of hydrogen-bond acceptors (Lipinski definition) is 3. The summed E-state index contributed by atoms with van der Waals surface area (Å²) in [5, 5.41) is 0. The number of nitrogens with two attached hydrogens (primary N) is 1. The lowest BCUT2D eigenvalue weighted by Gasteiger charge is -2.21. The fraction of sp³-hybridized carbons (Fsp3) is 0.533. The number of carbonyl (C=O) groups is 1. The van der Waals surface area contributed by atoms with Gasteiger partial charge in [-0.3, -0.25) is 4.79 Å². The maximum Gasteiger partial charge on any atom is 0.253 e. The van der Waals surface area contributed by atoms with Gasteiger partial charge in [0.1, 0.15) is 0 Å². The van der Waals surface area contributed by atoms with Gasteiger partial charge in [0.2, 0.25) is 0 Å². The molecule has 2 N–H and O–H groups in total. The summed E-state index contributed by atoms with van der Waals surface area (Å²) < 4.78 is 0. The van der Waals surface area contributed by atoms with Crippen LogP contribution in [0, 0.1) is 5.92 Å². The van der Waals surface area contributed by atoms with E-state index in [4.69, 9.17) is 5.73 Å². The fourth-order valence-corrected chi connectivity index (χ4v) is 2.65. The van der Waals surface area contributed by atoms with Crippen molar-refractivity contribution in [3.63, 3.8) is 0 Å². The molecular formula is C15H23N3O. The van der Waals surface area contributed by atoms with Crippen LogP contribution < -0.4 is 5.73 Å².